The predicted octanol–water partition coefficient (Wildman–Crippen LogP) is 1.42. The topological polar surface area (TPSA) is 97.6 Å². The highest BCUT2D eigenvalue weighted by Gasteiger charge is 2.29. The van der Waals surface area contributed by atoms with Gasteiger partial charge in [0.1, 0.15) is 6.10 Å². The van der Waals surface area contributed by atoms with Crippen LogP contribution in [0, 0.1) is 5.92 Å². The molecule has 0 radical (unpaired) electrons. The van der Waals surface area contributed by atoms with Crippen LogP contribution < -0.4 is 15.8 Å². The molecule has 1 aliphatic heterocycles. The number of likely N-dealkylation sites (tertiary alicyclic amines) is 1. The van der Waals surface area contributed by atoms with Crippen molar-refractivity contribution in [2.45, 2.75) is 44.8 Å². The molecule has 1 aromatic rings. The number of nitrogens with one attached hydrogen (secondary N) is 1. The molecule has 1 aliphatic carbocycles. The quantitative estimate of drug-likeness (QED) is 0.852. The van der Waals surface area contributed by atoms with Gasteiger partial charge in [-0.05, 0) is 38.2 Å². The predicted molar refractivity (Wildman–Crippen MR) is 88.2 cm³/mol. The molecule has 0 bridgehead atoms. The van der Waals surface area contributed by atoms with Crippen LogP contribution in [0.5, 0.6) is 5.88 Å². The van der Waals surface area contributed by atoms with Crippen molar-refractivity contribution >= 4 is 11.9 Å². The van der Waals surface area contributed by atoms with Crippen LogP contribution in [0.25, 0.3) is 0 Å². The average molecular weight is 332 g/mol. The van der Waals surface area contributed by atoms with Gasteiger partial charge < -0.3 is 20.7 Å². The lowest BCUT2D eigenvalue weighted by Gasteiger charge is -2.18. The molecule has 1 atom stereocenters. The van der Waals surface area contributed by atoms with E-state index in [9.17, 15) is 9.59 Å². The van der Waals surface area contributed by atoms with Crippen molar-refractivity contribution in [1.29, 1.82) is 0 Å². The van der Waals surface area contributed by atoms with E-state index in [0.29, 0.717) is 31.9 Å². The Hall–Kier alpha value is -2.31. The molecule has 1 unspecified atom stereocenters. The summed E-state index contributed by atoms with van der Waals surface area (Å²) in [5.41, 5.74) is 6.16. The Morgan fingerprint density at radius 1 is 1.33 bits per heavy atom. The van der Waals surface area contributed by atoms with Crippen LogP contribution >= 0.6 is 0 Å². The molecule has 130 valence electrons. The molecular weight excluding hydrogens is 308 g/mol. The number of carbonyl (C=O) groups excluding carboxylic acids is 2. The molecule has 0 spiro atoms. The Balaban J connectivity index is 1.54. The molecule has 7 nitrogen and oxygen atoms in total. The van der Waals surface area contributed by atoms with Crippen molar-refractivity contribution in [3.63, 3.8) is 0 Å². The van der Waals surface area contributed by atoms with E-state index in [4.69, 9.17) is 10.5 Å². The maximum Gasteiger partial charge on any atom is 0.317 e. The summed E-state index contributed by atoms with van der Waals surface area (Å²) in [6.07, 6.45) is 7.07. The molecule has 2 heterocycles. The largest absolute Gasteiger partial charge is 0.474 e. The van der Waals surface area contributed by atoms with E-state index >= 15 is 0 Å². The Kier molecular flexibility index (Phi) is 5.17. The summed E-state index contributed by atoms with van der Waals surface area (Å²) in [6.45, 7) is 1.30. The smallest absolute Gasteiger partial charge is 0.317 e. The Labute approximate surface area is 141 Å². The molecule has 3 rings (SSSR count). The van der Waals surface area contributed by atoms with Crippen LogP contribution in [0.1, 0.15) is 37.7 Å². The molecule has 1 saturated carbocycles. The first-order valence-electron chi connectivity index (χ1n) is 8.56. The first-order valence-corrected chi connectivity index (χ1v) is 8.56. The highest BCUT2D eigenvalue weighted by Crippen LogP contribution is 2.25. The minimum atomic E-state index is -0.343. The van der Waals surface area contributed by atoms with Gasteiger partial charge in [-0.15, -0.1) is 0 Å². The van der Waals surface area contributed by atoms with Gasteiger partial charge in [0.15, 0.2) is 0 Å². The first kappa shape index (κ1) is 16.5. The average Bonchev–Trinajstić information content (AvgIpc) is 3.25. The van der Waals surface area contributed by atoms with E-state index in [0.717, 1.165) is 18.4 Å². The van der Waals surface area contributed by atoms with Gasteiger partial charge in [0.25, 0.3) is 0 Å². The van der Waals surface area contributed by atoms with Gasteiger partial charge in [-0.3, -0.25) is 4.79 Å². The molecule has 7 heteroatoms. The van der Waals surface area contributed by atoms with Crippen molar-refractivity contribution in [2.24, 2.45) is 11.7 Å². The molecule has 1 saturated heterocycles. The number of aromatic nitrogens is 1. The SMILES string of the molecule is NC(=O)C1CCN(C(=O)NCc2cccnc2OC2CCCC2)C1. The third kappa shape index (κ3) is 3.96. The van der Waals surface area contributed by atoms with Crippen LogP contribution in [0.4, 0.5) is 4.79 Å². The number of rotatable bonds is 5. The third-order valence-corrected chi connectivity index (χ3v) is 4.74. The van der Waals surface area contributed by atoms with Crippen LogP contribution in [-0.4, -0.2) is 41.0 Å². The van der Waals surface area contributed by atoms with Gasteiger partial charge in [0.2, 0.25) is 11.8 Å². The van der Waals surface area contributed by atoms with E-state index in [1.807, 2.05) is 12.1 Å². The number of carbonyl (C=O) groups is 2. The normalized spacial score (nSPS) is 21.0. The highest BCUT2D eigenvalue weighted by atomic mass is 16.5. The fourth-order valence-corrected chi connectivity index (χ4v) is 3.29. The molecular formula is C17H24N4O3. The minimum absolute atomic E-state index is 0.186. The fourth-order valence-electron chi connectivity index (χ4n) is 3.29. The van der Waals surface area contributed by atoms with E-state index in [2.05, 4.69) is 10.3 Å². The zero-order valence-corrected chi connectivity index (χ0v) is 13.7. The number of hydrogen-bond acceptors (Lipinski definition) is 4. The van der Waals surface area contributed by atoms with Crippen LogP contribution in [0.3, 0.4) is 0 Å². The Morgan fingerprint density at radius 2 is 2.12 bits per heavy atom. The minimum Gasteiger partial charge on any atom is -0.474 e. The third-order valence-electron chi connectivity index (χ3n) is 4.74. The van der Waals surface area contributed by atoms with Crippen LogP contribution in [0.2, 0.25) is 0 Å². The second-order valence-corrected chi connectivity index (χ2v) is 6.48. The number of urea groups is 1. The van der Waals surface area contributed by atoms with Gasteiger partial charge in [-0.25, -0.2) is 9.78 Å². The summed E-state index contributed by atoms with van der Waals surface area (Å²) in [5, 5.41) is 2.88. The summed E-state index contributed by atoms with van der Waals surface area (Å²) < 4.78 is 5.98. The summed E-state index contributed by atoms with van der Waals surface area (Å²) in [4.78, 5) is 29.4. The zero-order valence-electron chi connectivity index (χ0n) is 13.7. The lowest BCUT2D eigenvalue weighted by Crippen LogP contribution is -2.39. The number of ether oxygens (including phenoxy) is 1. The molecule has 2 fully saturated rings. The number of pyridine rings is 1. The van der Waals surface area contributed by atoms with Crippen LogP contribution in [0.15, 0.2) is 18.3 Å². The maximum atomic E-state index is 12.2. The number of amides is 3. The summed E-state index contributed by atoms with van der Waals surface area (Å²) in [6, 6.07) is 3.56. The lowest BCUT2D eigenvalue weighted by molar-refractivity contribution is -0.121. The molecule has 24 heavy (non-hydrogen) atoms. The van der Waals surface area contributed by atoms with E-state index in [1.54, 1.807) is 11.1 Å². The van der Waals surface area contributed by atoms with E-state index in [1.165, 1.54) is 12.8 Å². The van der Waals surface area contributed by atoms with Crippen molar-refractivity contribution < 1.29 is 14.3 Å². The maximum absolute atomic E-state index is 12.2. The first-order chi connectivity index (χ1) is 11.6. The summed E-state index contributed by atoms with van der Waals surface area (Å²) in [5.74, 6) is 0.0151. The van der Waals surface area contributed by atoms with Gasteiger partial charge in [-0.2, -0.15) is 0 Å². The number of hydrogen-bond donors (Lipinski definition) is 2. The van der Waals surface area contributed by atoms with E-state index < -0.39 is 0 Å². The fraction of sp³-hybridized carbons (Fsp3) is 0.588. The van der Waals surface area contributed by atoms with Gasteiger partial charge in [-0.1, -0.05) is 6.07 Å². The number of nitrogens with two attached hydrogens (primary N) is 1. The summed E-state index contributed by atoms with van der Waals surface area (Å²) in [7, 11) is 0. The zero-order chi connectivity index (χ0) is 16.9. The lowest BCUT2D eigenvalue weighted by atomic mass is 10.1. The van der Waals surface area contributed by atoms with Gasteiger partial charge in [0.05, 0.1) is 5.92 Å². The second-order valence-electron chi connectivity index (χ2n) is 6.48. The van der Waals surface area contributed by atoms with Crippen molar-refractivity contribution in [1.82, 2.24) is 15.2 Å². The van der Waals surface area contributed by atoms with Crippen molar-refractivity contribution in [2.75, 3.05) is 13.1 Å². The van der Waals surface area contributed by atoms with E-state index in [-0.39, 0.29) is 24.0 Å². The molecule has 3 amide bonds. The van der Waals surface area contributed by atoms with Crippen LogP contribution in [-0.2, 0) is 11.3 Å². The molecule has 2 aliphatic rings. The van der Waals surface area contributed by atoms with Gasteiger partial charge >= 0.3 is 6.03 Å². The van der Waals surface area contributed by atoms with Crippen molar-refractivity contribution in [3.8, 4) is 5.88 Å². The van der Waals surface area contributed by atoms with Gasteiger partial charge in [0, 0.05) is 31.4 Å². The molecule has 3 N–H and O–H groups in total. The highest BCUT2D eigenvalue weighted by molar-refractivity contribution is 5.80. The number of primary amides is 1. The summed E-state index contributed by atoms with van der Waals surface area (Å²) >= 11 is 0. The van der Waals surface area contributed by atoms with Crippen molar-refractivity contribution in [3.05, 3.63) is 23.9 Å². The molecule has 0 aromatic carbocycles. The second kappa shape index (κ2) is 7.51. The Morgan fingerprint density at radius 3 is 2.83 bits per heavy atom. The monoisotopic (exact) mass is 332 g/mol. The molecule has 1 aromatic heterocycles. The Bertz CT molecular complexity index is 601. The standard InChI is InChI=1S/C17H24N4O3/c18-15(22)13-7-9-21(11-13)17(23)20-10-12-4-3-8-19-16(12)24-14-5-1-2-6-14/h3-4,8,13-14H,1-2,5-7,9-11H2,(H2,18,22)(H,20,23). The number of nitrogens with zero attached hydrogens (tertiary/aromatic N) is 2.